The summed E-state index contributed by atoms with van der Waals surface area (Å²) in [5.41, 5.74) is 3.08. The maximum atomic E-state index is 12.7. The highest BCUT2D eigenvalue weighted by molar-refractivity contribution is 7.99. The van der Waals surface area contributed by atoms with Crippen molar-refractivity contribution in [3.63, 3.8) is 0 Å². The third-order valence-corrected chi connectivity index (χ3v) is 8.08. The van der Waals surface area contributed by atoms with Crippen LogP contribution in [0.15, 0.2) is 84.9 Å². The average Bonchev–Trinajstić information content (AvgIpc) is 2.91. The number of ether oxygens (including phenoxy) is 2. The predicted molar refractivity (Wildman–Crippen MR) is 147 cm³/mol. The van der Waals surface area contributed by atoms with Crippen molar-refractivity contribution < 1.29 is 27.2 Å². The molecular weight excluding hydrogens is 510 g/mol. The molecule has 0 heterocycles. The molecule has 0 bridgehead atoms. The highest BCUT2D eigenvalue weighted by atomic mass is 32.2. The fraction of sp³-hybridized carbons (Fsp3) is 0.321. The van der Waals surface area contributed by atoms with Crippen molar-refractivity contribution in [3.8, 4) is 5.75 Å². The summed E-state index contributed by atoms with van der Waals surface area (Å²) >= 11 is 1.63. The summed E-state index contributed by atoms with van der Waals surface area (Å²) < 4.78 is 43.2. The van der Waals surface area contributed by atoms with Gasteiger partial charge in [-0.1, -0.05) is 72.8 Å². The molecule has 7 nitrogen and oxygen atoms in total. The molecule has 2 atom stereocenters. The number of carbonyl (C=O) groups excluding carboxylic acids is 1. The Hall–Kier alpha value is -3.01. The molecule has 0 radical (unpaired) electrons. The third-order valence-electron chi connectivity index (χ3n) is 5.84. The molecule has 198 valence electrons. The Morgan fingerprint density at radius 2 is 1.51 bits per heavy atom. The van der Waals surface area contributed by atoms with E-state index in [9.17, 15) is 17.8 Å². The molecule has 0 aliphatic heterocycles. The minimum Gasteiger partial charge on any atom is -0.497 e. The highest BCUT2D eigenvalue weighted by Gasteiger charge is 2.26. The lowest BCUT2D eigenvalue weighted by Crippen LogP contribution is -2.43. The van der Waals surface area contributed by atoms with Gasteiger partial charge in [0.05, 0.1) is 12.9 Å². The fourth-order valence-electron chi connectivity index (χ4n) is 3.82. The van der Waals surface area contributed by atoms with Gasteiger partial charge in [-0.25, -0.2) is 4.79 Å². The number of methoxy groups -OCH3 is 1. The Labute approximate surface area is 223 Å². The summed E-state index contributed by atoms with van der Waals surface area (Å²) in [6, 6.07) is 26.5. The smallest absolute Gasteiger partial charge is 0.407 e. The SMILES string of the molecule is COc1ccc(CSC(CCc2ccccc2)C(CCS(=O)(=O)O)NC(=O)OCc2ccccc2)cc1. The van der Waals surface area contributed by atoms with Crippen LogP contribution in [0.2, 0.25) is 0 Å². The zero-order chi connectivity index (χ0) is 26.5. The van der Waals surface area contributed by atoms with Gasteiger partial charge in [-0.2, -0.15) is 20.2 Å². The van der Waals surface area contributed by atoms with E-state index < -0.39 is 28.0 Å². The molecule has 37 heavy (non-hydrogen) atoms. The second-order valence-electron chi connectivity index (χ2n) is 8.61. The monoisotopic (exact) mass is 543 g/mol. The summed E-state index contributed by atoms with van der Waals surface area (Å²) in [5, 5.41) is 2.74. The summed E-state index contributed by atoms with van der Waals surface area (Å²) in [6.45, 7) is 0.103. The molecule has 0 aromatic heterocycles. The van der Waals surface area contributed by atoms with Crippen LogP contribution in [0.3, 0.4) is 0 Å². The molecule has 9 heteroatoms. The van der Waals surface area contributed by atoms with Gasteiger partial charge in [-0.15, -0.1) is 0 Å². The lowest BCUT2D eigenvalue weighted by molar-refractivity contribution is 0.135. The number of alkyl carbamates (subject to hydrolysis) is 1. The Morgan fingerprint density at radius 3 is 2.11 bits per heavy atom. The third kappa shape index (κ3) is 10.9. The van der Waals surface area contributed by atoms with Crippen molar-refractivity contribution in [1.29, 1.82) is 0 Å². The van der Waals surface area contributed by atoms with Gasteiger partial charge < -0.3 is 14.8 Å². The summed E-state index contributed by atoms with van der Waals surface area (Å²) in [5.74, 6) is 0.969. The molecule has 0 aliphatic rings. The largest absolute Gasteiger partial charge is 0.497 e. The van der Waals surface area contributed by atoms with Crippen LogP contribution in [0.5, 0.6) is 5.75 Å². The lowest BCUT2D eigenvalue weighted by atomic mass is 10.0. The zero-order valence-electron chi connectivity index (χ0n) is 20.8. The van der Waals surface area contributed by atoms with Crippen molar-refractivity contribution in [3.05, 3.63) is 102 Å². The number of nitrogens with one attached hydrogen (secondary N) is 1. The van der Waals surface area contributed by atoms with Crippen molar-refractivity contribution in [2.45, 2.75) is 42.9 Å². The maximum absolute atomic E-state index is 12.7. The molecule has 0 fully saturated rings. The van der Waals surface area contributed by atoms with E-state index in [0.29, 0.717) is 12.2 Å². The van der Waals surface area contributed by atoms with Gasteiger partial charge in [0.2, 0.25) is 0 Å². The first-order valence-electron chi connectivity index (χ1n) is 12.0. The molecule has 3 aromatic rings. The van der Waals surface area contributed by atoms with Crippen molar-refractivity contribution >= 4 is 28.0 Å². The number of carbonyl (C=O) groups is 1. The van der Waals surface area contributed by atoms with E-state index in [1.165, 1.54) is 0 Å². The van der Waals surface area contributed by atoms with Crippen LogP contribution < -0.4 is 10.1 Å². The van der Waals surface area contributed by atoms with Crippen LogP contribution in [-0.2, 0) is 33.6 Å². The van der Waals surface area contributed by atoms with Crippen LogP contribution in [0.1, 0.15) is 29.5 Å². The van der Waals surface area contributed by atoms with E-state index in [4.69, 9.17) is 9.47 Å². The minimum atomic E-state index is -4.20. The Bertz CT molecular complexity index is 1190. The van der Waals surface area contributed by atoms with E-state index in [2.05, 4.69) is 5.32 Å². The molecular formula is C28H33NO6S2. The van der Waals surface area contributed by atoms with E-state index in [1.807, 2.05) is 84.9 Å². The number of thioether (sulfide) groups is 1. The van der Waals surface area contributed by atoms with E-state index in [0.717, 1.165) is 28.9 Å². The van der Waals surface area contributed by atoms with E-state index >= 15 is 0 Å². The Kier molecular flexibility index (Phi) is 11.3. The number of benzene rings is 3. The quantitative estimate of drug-likeness (QED) is 0.259. The van der Waals surface area contributed by atoms with Crippen LogP contribution >= 0.6 is 11.8 Å². The number of hydrogen-bond donors (Lipinski definition) is 2. The van der Waals surface area contributed by atoms with Crippen molar-refractivity contribution in [2.75, 3.05) is 12.9 Å². The molecule has 0 saturated carbocycles. The van der Waals surface area contributed by atoms with Crippen molar-refractivity contribution in [1.82, 2.24) is 5.32 Å². The van der Waals surface area contributed by atoms with Crippen molar-refractivity contribution in [2.24, 2.45) is 0 Å². The molecule has 0 spiro atoms. The predicted octanol–water partition coefficient (Wildman–Crippen LogP) is 5.50. The van der Waals surface area contributed by atoms with Crippen LogP contribution in [0.4, 0.5) is 4.79 Å². The highest BCUT2D eigenvalue weighted by Crippen LogP contribution is 2.27. The van der Waals surface area contributed by atoms with E-state index in [1.54, 1.807) is 18.9 Å². The molecule has 3 rings (SSSR count). The first-order chi connectivity index (χ1) is 17.8. The van der Waals surface area contributed by atoms with Gasteiger partial charge in [0, 0.05) is 17.0 Å². The molecule has 0 aliphatic carbocycles. The molecule has 2 N–H and O–H groups in total. The second-order valence-corrected chi connectivity index (χ2v) is 11.4. The van der Waals surface area contributed by atoms with Crippen LogP contribution in [0.25, 0.3) is 0 Å². The molecule has 0 saturated heterocycles. The van der Waals surface area contributed by atoms with Gasteiger partial charge in [0.25, 0.3) is 10.1 Å². The van der Waals surface area contributed by atoms with Gasteiger partial charge in [-0.3, -0.25) is 4.55 Å². The normalized spacial score (nSPS) is 12.9. The Balaban J connectivity index is 1.73. The van der Waals surface area contributed by atoms with Crippen LogP contribution in [-0.4, -0.2) is 43.2 Å². The number of amides is 1. The Morgan fingerprint density at radius 1 is 0.892 bits per heavy atom. The fourth-order valence-corrected chi connectivity index (χ4v) is 5.69. The molecule has 3 aromatic carbocycles. The number of rotatable bonds is 14. The van der Waals surface area contributed by atoms with Crippen LogP contribution in [0, 0.1) is 0 Å². The summed E-state index contributed by atoms with van der Waals surface area (Å²) in [7, 11) is -2.58. The summed E-state index contributed by atoms with van der Waals surface area (Å²) in [4.78, 5) is 12.7. The molecule has 1 amide bonds. The maximum Gasteiger partial charge on any atom is 0.407 e. The van der Waals surface area contributed by atoms with Gasteiger partial charge in [0.1, 0.15) is 12.4 Å². The number of aryl methyl sites for hydroxylation is 1. The first kappa shape index (κ1) is 28.6. The van der Waals surface area contributed by atoms with E-state index in [-0.39, 0.29) is 18.3 Å². The second kappa shape index (κ2) is 14.7. The molecule has 2 unspecified atom stereocenters. The minimum absolute atomic E-state index is 0.0638. The zero-order valence-corrected chi connectivity index (χ0v) is 22.4. The van der Waals surface area contributed by atoms with Gasteiger partial charge in [0.15, 0.2) is 0 Å². The summed E-state index contributed by atoms with van der Waals surface area (Å²) in [6.07, 6.45) is 0.886. The van der Waals surface area contributed by atoms with Gasteiger partial charge in [-0.05, 0) is 48.1 Å². The standard InChI is InChI=1S/C28H33NO6S2/c1-34-25-15-12-24(13-16-25)21-36-27(17-14-22-8-4-2-5-9-22)26(18-19-37(31,32)33)29-28(30)35-20-23-10-6-3-7-11-23/h2-13,15-16,26-27H,14,17-21H2,1H3,(H,29,30)(H,31,32,33). The first-order valence-corrected chi connectivity index (χ1v) is 14.7. The lowest BCUT2D eigenvalue weighted by Gasteiger charge is -2.27. The topological polar surface area (TPSA) is 102 Å². The van der Waals surface area contributed by atoms with Gasteiger partial charge >= 0.3 is 6.09 Å². The average molecular weight is 544 g/mol. The number of hydrogen-bond acceptors (Lipinski definition) is 6.